The summed E-state index contributed by atoms with van der Waals surface area (Å²) >= 11 is 5.35. The summed E-state index contributed by atoms with van der Waals surface area (Å²) in [6.45, 7) is -3.11. The minimum atomic E-state index is -3.81. The van der Waals surface area contributed by atoms with Gasteiger partial charge < -0.3 is 29.4 Å². The molecule has 0 fully saturated rings. The Morgan fingerprint density at radius 1 is 0.571 bits per heavy atom. The molecule has 12 heteroatoms. The van der Waals surface area contributed by atoms with Gasteiger partial charge in [0.15, 0.2) is 0 Å². The third-order valence-electron chi connectivity index (χ3n) is 3.45. The number of rotatable bonds is 14. The van der Waals surface area contributed by atoms with E-state index in [1.54, 1.807) is 0 Å². The Balaban J connectivity index is -0.000000512. The molecule has 0 aliphatic rings. The molecule has 0 amide bonds. The summed E-state index contributed by atoms with van der Waals surface area (Å²) in [6, 6.07) is 0. The maximum atomic E-state index is 11.9. The first-order valence-electron chi connectivity index (χ1n) is 9.72. The van der Waals surface area contributed by atoms with Crippen molar-refractivity contribution in [2.24, 2.45) is 0 Å². The smallest absolute Gasteiger partial charge is 0.319 e. The molecule has 6 N–H and O–H groups in total. The van der Waals surface area contributed by atoms with Crippen LogP contribution in [-0.4, -0.2) is 29.4 Å². The van der Waals surface area contributed by atoms with Crippen LogP contribution in [0.3, 0.4) is 0 Å². The van der Waals surface area contributed by atoms with E-state index in [0.29, 0.717) is 0 Å². The van der Waals surface area contributed by atoms with Crippen molar-refractivity contribution in [2.45, 2.75) is 101 Å². The van der Waals surface area contributed by atoms with Crippen molar-refractivity contribution in [3.05, 3.63) is 0 Å². The van der Waals surface area contributed by atoms with Crippen LogP contribution in [-0.2, 0) is 44.3 Å². The quantitative estimate of drug-likeness (QED) is 0.0987. The van der Waals surface area contributed by atoms with E-state index in [1.165, 1.54) is 77.0 Å². The Morgan fingerprint density at radius 2 is 0.786 bits per heavy atom. The zero-order valence-electron chi connectivity index (χ0n) is 17.1. The molecule has 0 saturated carbocycles. The SMILES string of the molecule is CCCCCCC[CH2][Mo](=[O])[CH2]CCCCCCC.OP(O)(O)=S.OP(O)(O)=S. The molecule has 0 aromatic carbocycles. The molecule has 0 aromatic heterocycles. The van der Waals surface area contributed by atoms with Crippen molar-refractivity contribution in [1.82, 2.24) is 0 Å². The van der Waals surface area contributed by atoms with Crippen LogP contribution in [0.5, 0.6) is 0 Å². The molecule has 0 aliphatic carbocycles. The second-order valence-corrected chi connectivity index (χ2v) is 15.6. The zero-order chi connectivity index (χ0) is 22.5. The van der Waals surface area contributed by atoms with Crippen molar-refractivity contribution < 1.29 is 50.0 Å². The van der Waals surface area contributed by atoms with Crippen molar-refractivity contribution in [1.29, 1.82) is 0 Å². The molecule has 0 radical (unpaired) electrons. The van der Waals surface area contributed by atoms with Gasteiger partial charge in [0.2, 0.25) is 0 Å². The Bertz CT molecular complexity index is 390. The average molecular weight is 567 g/mol. The van der Waals surface area contributed by atoms with Crippen LogP contribution in [0.25, 0.3) is 0 Å². The van der Waals surface area contributed by atoms with Gasteiger partial charge in [-0.15, -0.1) is 0 Å². The van der Waals surface area contributed by atoms with Gasteiger partial charge in [0, 0.05) is 0 Å². The Labute approximate surface area is 187 Å². The summed E-state index contributed by atoms with van der Waals surface area (Å²) in [5.41, 5.74) is 0. The van der Waals surface area contributed by atoms with Gasteiger partial charge in [0.1, 0.15) is 0 Å². The van der Waals surface area contributed by atoms with E-state index in [0.717, 1.165) is 9.62 Å². The number of unbranched alkanes of at least 4 members (excludes halogenated alkanes) is 10. The molecule has 0 heterocycles. The molecule has 0 saturated heterocycles. The molecule has 0 atom stereocenters. The van der Waals surface area contributed by atoms with Crippen molar-refractivity contribution in [3.63, 3.8) is 0 Å². The Morgan fingerprint density at radius 3 is 1.04 bits per heavy atom. The van der Waals surface area contributed by atoms with E-state index in [4.69, 9.17) is 29.4 Å². The summed E-state index contributed by atoms with van der Waals surface area (Å²) in [6.07, 6.45) is 16.0. The molecule has 7 nitrogen and oxygen atoms in total. The summed E-state index contributed by atoms with van der Waals surface area (Å²) in [5, 5.41) is 0. The first-order valence-corrected chi connectivity index (χ1v) is 18.7. The molecular formula is C16H40MoO7P2S2. The molecule has 0 aromatic rings. The Kier molecular flexibility index (Phi) is 28.3. The van der Waals surface area contributed by atoms with Crippen molar-refractivity contribution in [3.8, 4) is 0 Å². The van der Waals surface area contributed by atoms with Crippen LogP contribution < -0.4 is 0 Å². The summed E-state index contributed by atoms with van der Waals surface area (Å²) < 4.78 is 11.9. The Hall–Kier alpha value is 1.55. The normalized spacial score (nSPS) is 11.5. The molecule has 28 heavy (non-hydrogen) atoms. The molecule has 174 valence electrons. The van der Waals surface area contributed by atoms with Gasteiger partial charge in [0.05, 0.1) is 0 Å². The van der Waals surface area contributed by atoms with Crippen molar-refractivity contribution >= 4 is 37.1 Å². The maximum Gasteiger partial charge on any atom is 0.319 e. The fraction of sp³-hybridized carbons (Fsp3) is 1.00. The van der Waals surface area contributed by atoms with Gasteiger partial charge in [-0.1, -0.05) is 0 Å². The van der Waals surface area contributed by atoms with E-state index in [9.17, 15) is 3.40 Å². The number of hydrogen-bond acceptors (Lipinski definition) is 3. The topological polar surface area (TPSA) is 138 Å². The van der Waals surface area contributed by atoms with Gasteiger partial charge in [-0.05, 0) is 23.6 Å². The monoisotopic (exact) mass is 568 g/mol. The summed E-state index contributed by atoms with van der Waals surface area (Å²) in [5.74, 6) is 0. The predicted octanol–water partition coefficient (Wildman–Crippen LogP) is 4.88. The third kappa shape index (κ3) is 63.1. The van der Waals surface area contributed by atoms with Gasteiger partial charge in [0.25, 0.3) is 0 Å². The van der Waals surface area contributed by atoms with Gasteiger partial charge in [-0.3, -0.25) is 0 Å². The van der Waals surface area contributed by atoms with Gasteiger partial charge in [-0.25, -0.2) is 0 Å². The van der Waals surface area contributed by atoms with Gasteiger partial charge in [-0.2, -0.15) is 0 Å². The minimum Gasteiger partial charge on any atom is -0.325 e. The second kappa shape index (κ2) is 23.2. The first kappa shape index (κ1) is 34.2. The van der Waals surface area contributed by atoms with E-state index < -0.39 is 30.7 Å². The van der Waals surface area contributed by atoms with E-state index in [1.807, 2.05) is 0 Å². The third-order valence-corrected chi connectivity index (χ3v) is 7.11. The van der Waals surface area contributed by atoms with Crippen LogP contribution in [0, 0.1) is 0 Å². The molecule has 0 aliphatic heterocycles. The summed E-state index contributed by atoms with van der Waals surface area (Å²) in [7, 11) is 0. The molecule has 0 rings (SSSR count). The van der Waals surface area contributed by atoms with E-state index in [2.05, 4.69) is 37.5 Å². The average Bonchev–Trinajstić information content (AvgIpc) is 2.51. The first-order chi connectivity index (χ1) is 12.8. The largest absolute Gasteiger partial charge is 0.325 e. The standard InChI is InChI=1S/2C8H17.Mo.2H3O3PS.O/c2*1-3-5-7-8-6-4-2;;2*1-4(2,3)5;/h2*1,3-8H2,2H3;;2*(H3,1,2,3,5);. The van der Waals surface area contributed by atoms with Crippen LogP contribution in [0.1, 0.15) is 90.9 Å². The van der Waals surface area contributed by atoms with Crippen LogP contribution >= 0.6 is 13.4 Å². The zero-order valence-corrected chi connectivity index (χ0v) is 22.5. The van der Waals surface area contributed by atoms with Crippen LogP contribution in [0.4, 0.5) is 0 Å². The van der Waals surface area contributed by atoms with Crippen LogP contribution in [0.15, 0.2) is 0 Å². The number of hydrogen-bond donors (Lipinski definition) is 6. The van der Waals surface area contributed by atoms with E-state index >= 15 is 0 Å². The molecule has 0 spiro atoms. The molecular weight excluding hydrogens is 526 g/mol. The molecule has 0 bridgehead atoms. The predicted molar refractivity (Wildman–Crippen MR) is 119 cm³/mol. The van der Waals surface area contributed by atoms with Crippen molar-refractivity contribution in [2.75, 3.05) is 0 Å². The molecule has 0 unspecified atom stereocenters. The fourth-order valence-corrected chi connectivity index (χ4v) is 5.28. The maximum absolute atomic E-state index is 11.9. The minimum absolute atomic E-state index is 1.09. The second-order valence-electron chi connectivity index (χ2n) is 6.41. The van der Waals surface area contributed by atoms with E-state index in [-0.39, 0.29) is 0 Å². The van der Waals surface area contributed by atoms with Gasteiger partial charge >= 0.3 is 135 Å². The van der Waals surface area contributed by atoms with Crippen LogP contribution in [0.2, 0.25) is 9.62 Å². The summed E-state index contributed by atoms with van der Waals surface area (Å²) in [4.78, 5) is 47.5. The fourth-order valence-electron chi connectivity index (χ4n) is 2.19.